The number of hydrogen-bond acceptors (Lipinski definition) is 5. The Morgan fingerprint density at radius 1 is 1.10 bits per heavy atom. The Morgan fingerprint density at radius 2 is 1.84 bits per heavy atom. The van der Waals surface area contributed by atoms with Crippen LogP contribution in [0.1, 0.15) is 19.4 Å². The molecule has 2 aromatic rings. The van der Waals surface area contributed by atoms with E-state index in [9.17, 15) is 14.4 Å². The Kier molecular flexibility index (Phi) is 9.30. The maximum Gasteiger partial charge on any atom is 0.329 e. The van der Waals surface area contributed by atoms with Crippen LogP contribution in [-0.4, -0.2) is 37.1 Å². The lowest BCUT2D eigenvalue weighted by Gasteiger charge is -2.10. The van der Waals surface area contributed by atoms with Gasteiger partial charge in [-0.25, -0.2) is 5.43 Å². The molecule has 0 heterocycles. The van der Waals surface area contributed by atoms with Crippen molar-refractivity contribution in [3.05, 3.63) is 58.1 Å². The van der Waals surface area contributed by atoms with Crippen LogP contribution in [0.4, 0.5) is 5.69 Å². The number of nitrogens with zero attached hydrogens (tertiary/aromatic N) is 1. The van der Waals surface area contributed by atoms with Gasteiger partial charge in [0.2, 0.25) is 0 Å². The Hall–Kier alpha value is -3.10. The van der Waals surface area contributed by atoms with Crippen molar-refractivity contribution >= 4 is 52.8 Å². The third-order valence-electron chi connectivity index (χ3n) is 3.73. The van der Waals surface area contributed by atoms with E-state index in [0.717, 1.165) is 0 Å². The molecule has 0 unspecified atom stereocenters. The van der Waals surface area contributed by atoms with Crippen LogP contribution in [0, 0.1) is 5.92 Å². The van der Waals surface area contributed by atoms with Crippen molar-refractivity contribution in [1.82, 2.24) is 10.7 Å². The molecule has 0 saturated heterocycles. The zero-order valence-corrected chi connectivity index (χ0v) is 18.5. The fraction of sp³-hybridized carbons (Fsp3) is 0.238. The Morgan fingerprint density at radius 3 is 2.55 bits per heavy atom. The quantitative estimate of drug-likeness (QED) is 0.316. The predicted molar refractivity (Wildman–Crippen MR) is 121 cm³/mol. The summed E-state index contributed by atoms with van der Waals surface area (Å²) >= 11 is 11.9. The van der Waals surface area contributed by atoms with Gasteiger partial charge in [-0.2, -0.15) is 5.10 Å². The van der Waals surface area contributed by atoms with Gasteiger partial charge < -0.3 is 15.4 Å². The molecule has 164 valence electrons. The molecule has 3 amide bonds. The SMILES string of the molecule is CC(C)CNC(=O)C(=O)N/N=C\c1ccccc1OCC(=O)Nc1ccc(Cl)cc1Cl. The van der Waals surface area contributed by atoms with Gasteiger partial charge >= 0.3 is 11.8 Å². The second kappa shape index (κ2) is 11.9. The number of ether oxygens (including phenoxy) is 1. The summed E-state index contributed by atoms with van der Waals surface area (Å²) in [4.78, 5) is 35.5. The number of benzene rings is 2. The minimum atomic E-state index is -0.880. The molecule has 0 fully saturated rings. The third kappa shape index (κ3) is 8.27. The summed E-state index contributed by atoms with van der Waals surface area (Å²) in [5.74, 6) is -1.49. The van der Waals surface area contributed by atoms with Gasteiger partial charge in [0.25, 0.3) is 5.91 Å². The van der Waals surface area contributed by atoms with Crippen LogP contribution in [-0.2, 0) is 14.4 Å². The monoisotopic (exact) mass is 464 g/mol. The first-order chi connectivity index (χ1) is 14.8. The standard InChI is InChI=1S/C21H22Cl2N4O4/c1-13(2)10-24-20(29)21(30)27-25-11-14-5-3-4-6-18(14)31-12-19(28)26-17-8-7-15(22)9-16(17)23/h3-9,11,13H,10,12H2,1-2H3,(H,24,29)(H,26,28)(H,27,30)/b25-11-. The van der Waals surface area contributed by atoms with Gasteiger partial charge in [-0.15, -0.1) is 0 Å². The number of hydrazone groups is 1. The zero-order chi connectivity index (χ0) is 22.8. The highest BCUT2D eigenvalue weighted by Crippen LogP contribution is 2.25. The van der Waals surface area contributed by atoms with Crippen molar-refractivity contribution in [2.24, 2.45) is 11.0 Å². The lowest BCUT2D eigenvalue weighted by molar-refractivity contribution is -0.139. The number of hydrogen-bond donors (Lipinski definition) is 3. The van der Waals surface area contributed by atoms with E-state index in [-0.39, 0.29) is 12.5 Å². The van der Waals surface area contributed by atoms with Crippen LogP contribution in [0.5, 0.6) is 5.75 Å². The first kappa shape index (κ1) is 24.2. The summed E-state index contributed by atoms with van der Waals surface area (Å²) in [6.07, 6.45) is 1.32. The number of anilines is 1. The van der Waals surface area contributed by atoms with Crippen molar-refractivity contribution in [3.8, 4) is 5.75 Å². The Bertz CT molecular complexity index is 980. The van der Waals surface area contributed by atoms with E-state index in [2.05, 4.69) is 21.2 Å². The Labute approximate surface area is 189 Å². The number of carbonyl (C=O) groups is 3. The Balaban J connectivity index is 1.91. The molecule has 0 aliphatic rings. The van der Waals surface area contributed by atoms with Crippen LogP contribution >= 0.6 is 23.2 Å². The van der Waals surface area contributed by atoms with Gasteiger partial charge in [0.05, 0.1) is 16.9 Å². The minimum absolute atomic E-state index is 0.220. The number of halogens is 2. The lowest BCUT2D eigenvalue weighted by atomic mass is 10.2. The number of rotatable bonds is 8. The molecule has 0 aliphatic heterocycles. The molecule has 0 atom stereocenters. The van der Waals surface area contributed by atoms with Gasteiger partial charge in [0, 0.05) is 17.1 Å². The van der Waals surface area contributed by atoms with E-state index in [1.807, 2.05) is 13.8 Å². The molecule has 2 rings (SSSR count). The maximum absolute atomic E-state index is 12.2. The van der Waals surface area contributed by atoms with E-state index in [4.69, 9.17) is 27.9 Å². The largest absolute Gasteiger partial charge is 0.483 e. The maximum atomic E-state index is 12.2. The van der Waals surface area contributed by atoms with Crippen molar-refractivity contribution in [2.75, 3.05) is 18.5 Å². The summed E-state index contributed by atoms with van der Waals surface area (Å²) in [6, 6.07) is 11.5. The fourth-order valence-corrected chi connectivity index (χ4v) is 2.68. The van der Waals surface area contributed by atoms with E-state index >= 15 is 0 Å². The van der Waals surface area contributed by atoms with Crippen molar-refractivity contribution in [1.29, 1.82) is 0 Å². The average molecular weight is 465 g/mol. The highest BCUT2D eigenvalue weighted by molar-refractivity contribution is 6.36. The molecule has 0 aromatic heterocycles. The summed E-state index contributed by atoms with van der Waals surface area (Å²) in [7, 11) is 0. The molecule has 2 aromatic carbocycles. The van der Waals surface area contributed by atoms with E-state index in [0.29, 0.717) is 33.6 Å². The molecule has 0 bridgehead atoms. The number of nitrogens with one attached hydrogen (secondary N) is 3. The third-order valence-corrected chi connectivity index (χ3v) is 4.28. The number of amides is 3. The molecule has 8 nitrogen and oxygen atoms in total. The van der Waals surface area contributed by atoms with Crippen LogP contribution in [0.3, 0.4) is 0 Å². The lowest BCUT2D eigenvalue weighted by Crippen LogP contribution is -2.39. The van der Waals surface area contributed by atoms with Gasteiger partial charge in [-0.05, 0) is 36.2 Å². The van der Waals surface area contributed by atoms with Crippen molar-refractivity contribution in [3.63, 3.8) is 0 Å². The normalized spacial score (nSPS) is 10.7. The summed E-state index contributed by atoms with van der Waals surface area (Å²) in [6.45, 7) is 3.93. The van der Waals surface area contributed by atoms with Gasteiger partial charge in [0.15, 0.2) is 6.61 Å². The number of carbonyl (C=O) groups excluding carboxylic acids is 3. The van der Waals surface area contributed by atoms with Crippen molar-refractivity contribution < 1.29 is 19.1 Å². The minimum Gasteiger partial charge on any atom is -0.483 e. The summed E-state index contributed by atoms with van der Waals surface area (Å²) in [5.41, 5.74) is 3.06. The van der Waals surface area contributed by atoms with E-state index in [1.54, 1.807) is 36.4 Å². The topological polar surface area (TPSA) is 109 Å². The smallest absolute Gasteiger partial charge is 0.329 e. The zero-order valence-electron chi connectivity index (χ0n) is 16.9. The van der Waals surface area contributed by atoms with Crippen molar-refractivity contribution in [2.45, 2.75) is 13.8 Å². The van der Waals surface area contributed by atoms with Gasteiger partial charge in [-0.3, -0.25) is 14.4 Å². The molecule has 0 saturated carbocycles. The molecule has 0 radical (unpaired) electrons. The molecule has 10 heteroatoms. The molecular weight excluding hydrogens is 443 g/mol. The average Bonchev–Trinajstić information content (AvgIpc) is 2.73. The van der Waals surface area contributed by atoms with Gasteiger partial charge in [-0.1, -0.05) is 49.2 Å². The van der Waals surface area contributed by atoms with E-state index < -0.39 is 17.7 Å². The first-order valence-corrected chi connectivity index (χ1v) is 10.1. The molecule has 3 N–H and O–H groups in total. The van der Waals surface area contributed by atoms with Crippen LogP contribution < -0.4 is 20.8 Å². The predicted octanol–water partition coefficient (Wildman–Crippen LogP) is 3.23. The highest BCUT2D eigenvalue weighted by atomic mass is 35.5. The van der Waals surface area contributed by atoms with Crippen LogP contribution in [0.25, 0.3) is 0 Å². The van der Waals surface area contributed by atoms with Gasteiger partial charge in [0.1, 0.15) is 5.75 Å². The highest BCUT2D eigenvalue weighted by Gasteiger charge is 2.12. The van der Waals surface area contributed by atoms with E-state index in [1.165, 1.54) is 12.3 Å². The van der Waals surface area contributed by atoms with Crippen LogP contribution in [0.2, 0.25) is 10.0 Å². The second-order valence-corrected chi connectivity index (χ2v) is 7.65. The molecule has 0 spiro atoms. The second-order valence-electron chi connectivity index (χ2n) is 6.80. The summed E-state index contributed by atoms with van der Waals surface area (Å²) < 4.78 is 5.54. The summed E-state index contributed by atoms with van der Waals surface area (Å²) in [5, 5.41) is 9.65. The molecule has 31 heavy (non-hydrogen) atoms. The molecule has 0 aliphatic carbocycles. The van der Waals surface area contributed by atoms with Crippen LogP contribution in [0.15, 0.2) is 47.6 Å². The number of para-hydroxylation sites is 1. The molecular formula is C21H22Cl2N4O4. The fourth-order valence-electron chi connectivity index (χ4n) is 2.23. The first-order valence-electron chi connectivity index (χ1n) is 9.34.